The van der Waals surface area contributed by atoms with Crippen LogP contribution in [0.3, 0.4) is 0 Å². The van der Waals surface area contributed by atoms with Crippen molar-refractivity contribution < 1.29 is 0 Å². The Balaban J connectivity index is 1.23. The highest BCUT2D eigenvalue weighted by atomic mass is 15.1. The van der Waals surface area contributed by atoms with E-state index in [1.807, 2.05) is 0 Å². The van der Waals surface area contributed by atoms with E-state index >= 15 is 0 Å². The number of para-hydroxylation sites is 2. The lowest BCUT2D eigenvalue weighted by Crippen LogP contribution is -2.34. The maximum atomic E-state index is 2.47. The SMILES string of the molecule is CC1(C)CCC(C)(C)c2cc(N(c3cccc(-c4ccc(N(c5ccccc5)c5ccccc5)cc4)c3)c3cccc4ccccc34)ccc21. The third kappa shape index (κ3) is 5.86. The van der Waals surface area contributed by atoms with Crippen LogP contribution >= 0.6 is 0 Å². The smallest absolute Gasteiger partial charge is 0.0540 e. The molecule has 1 aliphatic rings. The first-order valence-electron chi connectivity index (χ1n) is 17.8. The number of hydrogen-bond donors (Lipinski definition) is 0. The summed E-state index contributed by atoms with van der Waals surface area (Å²) < 4.78 is 0. The van der Waals surface area contributed by atoms with Crippen molar-refractivity contribution in [2.45, 2.75) is 51.4 Å². The molecule has 50 heavy (non-hydrogen) atoms. The molecule has 0 N–H and O–H groups in total. The molecule has 0 spiro atoms. The molecular weight excluding hydrogens is 605 g/mol. The second kappa shape index (κ2) is 12.7. The van der Waals surface area contributed by atoms with Crippen LogP contribution in [0, 0.1) is 0 Å². The van der Waals surface area contributed by atoms with Crippen molar-refractivity contribution in [3.05, 3.63) is 181 Å². The van der Waals surface area contributed by atoms with Crippen LogP contribution in [0.25, 0.3) is 21.9 Å². The molecule has 2 heteroatoms. The molecule has 0 amide bonds. The summed E-state index contributed by atoms with van der Waals surface area (Å²) in [5.74, 6) is 0. The lowest BCUT2D eigenvalue weighted by molar-refractivity contribution is 0.332. The van der Waals surface area contributed by atoms with Gasteiger partial charge in [-0.25, -0.2) is 0 Å². The highest BCUT2D eigenvalue weighted by Gasteiger charge is 2.37. The fourth-order valence-corrected chi connectivity index (χ4v) is 7.78. The first-order valence-corrected chi connectivity index (χ1v) is 17.8. The quantitative estimate of drug-likeness (QED) is 0.170. The molecule has 0 bridgehead atoms. The van der Waals surface area contributed by atoms with Crippen LogP contribution in [-0.4, -0.2) is 0 Å². The predicted octanol–water partition coefficient (Wildman–Crippen LogP) is 13.8. The molecular formula is C48H44N2. The summed E-state index contributed by atoms with van der Waals surface area (Å²) in [5, 5.41) is 2.48. The minimum atomic E-state index is 0.113. The minimum absolute atomic E-state index is 0.113. The lowest BCUT2D eigenvalue weighted by atomic mass is 9.63. The number of anilines is 6. The molecule has 0 saturated carbocycles. The summed E-state index contributed by atoms with van der Waals surface area (Å²) in [5.41, 5.74) is 12.5. The zero-order valence-corrected chi connectivity index (χ0v) is 29.5. The number of fused-ring (bicyclic) bond motifs is 2. The van der Waals surface area contributed by atoms with Crippen molar-refractivity contribution in [2.24, 2.45) is 0 Å². The van der Waals surface area contributed by atoms with E-state index in [0.717, 1.165) is 22.7 Å². The van der Waals surface area contributed by atoms with Crippen LogP contribution in [0.15, 0.2) is 170 Å². The maximum Gasteiger partial charge on any atom is 0.0540 e. The molecule has 0 heterocycles. The van der Waals surface area contributed by atoms with Gasteiger partial charge in [0, 0.05) is 33.8 Å². The third-order valence-corrected chi connectivity index (χ3v) is 10.7. The largest absolute Gasteiger partial charge is 0.311 e. The average molecular weight is 649 g/mol. The van der Waals surface area contributed by atoms with Gasteiger partial charge in [-0.3, -0.25) is 0 Å². The molecule has 1 aliphatic carbocycles. The van der Waals surface area contributed by atoms with Crippen LogP contribution < -0.4 is 9.80 Å². The van der Waals surface area contributed by atoms with Gasteiger partial charge in [-0.2, -0.15) is 0 Å². The highest BCUT2D eigenvalue weighted by Crippen LogP contribution is 2.49. The predicted molar refractivity (Wildman–Crippen MR) is 214 cm³/mol. The third-order valence-electron chi connectivity index (χ3n) is 10.7. The molecule has 0 saturated heterocycles. The highest BCUT2D eigenvalue weighted by molar-refractivity contribution is 5.99. The van der Waals surface area contributed by atoms with Gasteiger partial charge in [0.2, 0.25) is 0 Å². The van der Waals surface area contributed by atoms with Crippen LogP contribution in [-0.2, 0) is 10.8 Å². The molecule has 0 aromatic heterocycles. The van der Waals surface area contributed by atoms with E-state index in [1.165, 1.54) is 57.2 Å². The zero-order valence-electron chi connectivity index (χ0n) is 29.5. The first kappa shape index (κ1) is 31.7. The standard InChI is InChI=1S/C48H44N2/c1-47(2)31-32-48(3,4)45-34-42(29-30-44(45)47)50(46-24-14-16-36-15-11-12-23-43(36)46)41-22-13-17-37(33-41)35-25-27-40(28-26-35)49(38-18-7-5-8-19-38)39-20-9-6-10-21-39/h5-30,33-34H,31-32H2,1-4H3. The Labute approximate surface area is 297 Å². The number of nitrogens with zero attached hydrogens (tertiary/aromatic N) is 2. The Morgan fingerprint density at radius 3 is 1.60 bits per heavy atom. The van der Waals surface area contributed by atoms with Crippen LogP contribution in [0.2, 0.25) is 0 Å². The molecule has 0 radical (unpaired) electrons. The zero-order chi connectivity index (χ0) is 34.3. The normalized spacial score (nSPS) is 14.6. The second-order valence-electron chi connectivity index (χ2n) is 14.9. The van der Waals surface area contributed by atoms with Crippen molar-refractivity contribution in [1.29, 1.82) is 0 Å². The maximum absolute atomic E-state index is 2.47. The summed E-state index contributed by atoms with van der Waals surface area (Å²) in [6, 6.07) is 61.7. The summed E-state index contributed by atoms with van der Waals surface area (Å²) in [7, 11) is 0. The first-order chi connectivity index (χ1) is 24.3. The summed E-state index contributed by atoms with van der Waals surface area (Å²) in [4.78, 5) is 4.77. The van der Waals surface area contributed by atoms with Gasteiger partial charge in [0.25, 0.3) is 0 Å². The van der Waals surface area contributed by atoms with Crippen LogP contribution in [0.4, 0.5) is 34.1 Å². The Bertz CT molecular complexity index is 2220. The van der Waals surface area contributed by atoms with E-state index in [0.29, 0.717) is 0 Å². The number of benzene rings is 7. The van der Waals surface area contributed by atoms with Crippen LogP contribution in [0.5, 0.6) is 0 Å². The van der Waals surface area contributed by atoms with Gasteiger partial charge in [0.05, 0.1) is 5.69 Å². The molecule has 0 fully saturated rings. The molecule has 7 aromatic carbocycles. The Kier molecular flexibility index (Phi) is 8.04. The fourth-order valence-electron chi connectivity index (χ4n) is 7.78. The van der Waals surface area contributed by atoms with E-state index in [2.05, 4.69) is 207 Å². The van der Waals surface area contributed by atoms with Gasteiger partial charge in [0.1, 0.15) is 0 Å². The van der Waals surface area contributed by atoms with Gasteiger partial charge in [0.15, 0.2) is 0 Å². The lowest BCUT2D eigenvalue weighted by Gasteiger charge is -2.42. The van der Waals surface area contributed by atoms with Crippen molar-refractivity contribution in [2.75, 3.05) is 9.80 Å². The van der Waals surface area contributed by atoms with Crippen molar-refractivity contribution in [3.63, 3.8) is 0 Å². The monoisotopic (exact) mass is 648 g/mol. The van der Waals surface area contributed by atoms with E-state index < -0.39 is 0 Å². The molecule has 7 aromatic rings. The fraction of sp³-hybridized carbons (Fsp3) is 0.167. The topological polar surface area (TPSA) is 6.48 Å². The van der Waals surface area contributed by atoms with Crippen molar-refractivity contribution in [3.8, 4) is 11.1 Å². The van der Waals surface area contributed by atoms with Gasteiger partial charge >= 0.3 is 0 Å². The van der Waals surface area contributed by atoms with E-state index in [-0.39, 0.29) is 10.8 Å². The van der Waals surface area contributed by atoms with Gasteiger partial charge in [-0.15, -0.1) is 0 Å². The van der Waals surface area contributed by atoms with Gasteiger partial charge < -0.3 is 9.80 Å². The second-order valence-corrected chi connectivity index (χ2v) is 14.9. The molecule has 0 aliphatic heterocycles. The Morgan fingerprint density at radius 1 is 0.380 bits per heavy atom. The number of rotatable bonds is 7. The van der Waals surface area contributed by atoms with Gasteiger partial charge in [-0.05, 0) is 118 Å². The Morgan fingerprint density at radius 2 is 0.900 bits per heavy atom. The summed E-state index contributed by atoms with van der Waals surface area (Å²) in [6.45, 7) is 9.62. The van der Waals surface area contributed by atoms with Crippen molar-refractivity contribution in [1.82, 2.24) is 0 Å². The molecule has 246 valence electrons. The van der Waals surface area contributed by atoms with Crippen LogP contribution in [0.1, 0.15) is 51.7 Å². The number of hydrogen-bond acceptors (Lipinski definition) is 2. The average Bonchev–Trinajstić information content (AvgIpc) is 3.15. The van der Waals surface area contributed by atoms with E-state index in [4.69, 9.17) is 0 Å². The minimum Gasteiger partial charge on any atom is -0.311 e. The summed E-state index contributed by atoms with van der Waals surface area (Å²) in [6.07, 6.45) is 2.39. The van der Waals surface area contributed by atoms with E-state index in [1.54, 1.807) is 0 Å². The molecule has 0 atom stereocenters. The summed E-state index contributed by atoms with van der Waals surface area (Å²) >= 11 is 0. The molecule has 2 nitrogen and oxygen atoms in total. The van der Waals surface area contributed by atoms with E-state index in [9.17, 15) is 0 Å². The van der Waals surface area contributed by atoms with Crippen molar-refractivity contribution >= 4 is 44.9 Å². The molecule has 8 rings (SSSR count). The van der Waals surface area contributed by atoms with Gasteiger partial charge in [-0.1, -0.05) is 131 Å². The molecule has 0 unspecified atom stereocenters. The Hall–Kier alpha value is -5.60.